The highest BCUT2D eigenvalue weighted by Gasteiger charge is 2.18. The lowest BCUT2D eigenvalue weighted by Gasteiger charge is -2.23. The van der Waals surface area contributed by atoms with Crippen LogP contribution >= 0.6 is 0 Å². The Morgan fingerprint density at radius 1 is 0.943 bits per heavy atom. The molecule has 35 heavy (non-hydrogen) atoms. The van der Waals surface area contributed by atoms with E-state index in [4.69, 9.17) is 19.7 Å². The van der Waals surface area contributed by atoms with Crippen molar-refractivity contribution in [1.29, 1.82) is 5.53 Å². The normalized spacial score (nSPS) is 11.8. The molecule has 0 amide bonds. The molecule has 2 aromatic carbocycles. The van der Waals surface area contributed by atoms with Crippen LogP contribution in [-0.4, -0.2) is 20.8 Å². The fourth-order valence-corrected chi connectivity index (χ4v) is 3.88. The van der Waals surface area contributed by atoms with Crippen LogP contribution in [0.4, 0.5) is 5.69 Å². The van der Waals surface area contributed by atoms with Gasteiger partial charge in [0.2, 0.25) is 0 Å². The zero-order valence-corrected chi connectivity index (χ0v) is 22.6. The smallest absolute Gasteiger partial charge is 0.144 e. The second kappa shape index (κ2) is 13.8. The van der Waals surface area contributed by atoms with Gasteiger partial charge < -0.3 is 14.2 Å². The van der Waals surface area contributed by atoms with Crippen LogP contribution in [0.5, 0.6) is 17.2 Å². The molecule has 0 aromatic heterocycles. The Hall–Kier alpha value is -3.02. The molecule has 0 bridgehead atoms. The van der Waals surface area contributed by atoms with E-state index in [1.165, 1.54) is 37.7 Å². The summed E-state index contributed by atoms with van der Waals surface area (Å²) in [4.78, 5) is 0. The van der Waals surface area contributed by atoms with E-state index in [0.717, 1.165) is 30.0 Å². The maximum Gasteiger partial charge on any atom is 0.144 e. The van der Waals surface area contributed by atoms with Crippen molar-refractivity contribution in [3.63, 3.8) is 0 Å². The summed E-state index contributed by atoms with van der Waals surface area (Å²) >= 11 is 0. The molecule has 192 valence electrons. The predicted molar refractivity (Wildman–Crippen MR) is 145 cm³/mol. The fourth-order valence-electron chi connectivity index (χ4n) is 3.88. The van der Waals surface area contributed by atoms with Crippen molar-refractivity contribution in [3.8, 4) is 17.2 Å². The topological polar surface area (TPSA) is 67.1 Å². The van der Waals surface area contributed by atoms with Gasteiger partial charge in [-0.2, -0.15) is 5.53 Å². The van der Waals surface area contributed by atoms with Crippen LogP contribution in [0.1, 0.15) is 84.3 Å². The molecule has 6 heteroatoms. The summed E-state index contributed by atoms with van der Waals surface area (Å²) in [5, 5.41) is 5.32. The molecule has 0 unspecified atom stereocenters. The van der Waals surface area contributed by atoms with Crippen molar-refractivity contribution in [2.45, 2.75) is 78.6 Å². The SMILES string of the molecule is CCCCCCCCOc1cc(/C=C(\C)N(N=N)c2cc(OC)ccc2OC)cc(C(C)(C)C)c1. The minimum atomic E-state index is -0.0223. The van der Waals surface area contributed by atoms with Gasteiger partial charge in [-0.25, -0.2) is 5.01 Å². The number of benzene rings is 2. The van der Waals surface area contributed by atoms with Crippen molar-refractivity contribution < 1.29 is 14.2 Å². The minimum Gasteiger partial charge on any atom is -0.497 e. The van der Waals surface area contributed by atoms with Crippen molar-refractivity contribution >= 4 is 11.8 Å². The number of nitrogens with zero attached hydrogens (tertiary/aromatic N) is 2. The molecule has 0 spiro atoms. The lowest BCUT2D eigenvalue weighted by atomic mass is 9.86. The van der Waals surface area contributed by atoms with E-state index in [2.05, 4.69) is 51.1 Å². The molecule has 0 fully saturated rings. The highest BCUT2D eigenvalue weighted by molar-refractivity contribution is 5.68. The number of methoxy groups -OCH3 is 2. The third-order valence-corrected chi connectivity index (χ3v) is 5.99. The third kappa shape index (κ3) is 8.61. The molecule has 0 atom stereocenters. The van der Waals surface area contributed by atoms with Crippen molar-refractivity contribution in [2.75, 3.05) is 25.8 Å². The van der Waals surface area contributed by atoms with Gasteiger partial charge in [-0.15, -0.1) is 0 Å². The van der Waals surface area contributed by atoms with Gasteiger partial charge in [-0.1, -0.05) is 71.1 Å². The van der Waals surface area contributed by atoms with Gasteiger partial charge in [-0.05, 0) is 60.2 Å². The number of rotatable bonds is 14. The van der Waals surface area contributed by atoms with Gasteiger partial charge >= 0.3 is 0 Å². The van der Waals surface area contributed by atoms with E-state index in [0.29, 0.717) is 17.2 Å². The lowest BCUT2D eigenvalue weighted by molar-refractivity contribution is 0.303. The minimum absolute atomic E-state index is 0.0223. The number of anilines is 1. The van der Waals surface area contributed by atoms with Crippen LogP contribution < -0.4 is 19.2 Å². The van der Waals surface area contributed by atoms with E-state index in [1.54, 1.807) is 19.2 Å². The second-order valence-corrected chi connectivity index (χ2v) is 9.89. The van der Waals surface area contributed by atoms with E-state index in [1.807, 2.05) is 31.2 Å². The van der Waals surface area contributed by atoms with Crippen LogP contribution in [0.2, 0.25) is 0 Å². The Morgan fingerprint density at radius 2 is 1.66 bits per heavy atom. The second-order valence-electron chi connectivity index (χ2n) is 9.89. The number of nitrogens with one attached hydrogen (secondary N) is 1. The Kier molecular flexibility index (Phi) is 11.1. The molecule has 0 aliphatic heterocycles. The predicted octanol–water partition coefficient (Wildman–Crippen LogP) is 8.55. The van der Waals surface area contributed by atoms with E-state index < -0.39 is 0 Å². The van der Waals surface area contributed by atoms with Crippen LogP contribution in [0.3, 0.4) is 0 Å². The number of unbranched alkanes of at least 4 members (excludes halogenated alkanes) is 5. The summed E-state index contributed by atoms with van der Waals surface area (Å²) in [6, 6.07) is 11.8. The van der Waals surface area contributed by atoms with Crippen molar-refractivity contribution in [3.05, 3.63) is 53.2 Å². The highest BCUT2D eigenvalue weighted by atomic mass is 16.5. The Bertz CT molecular complexity index is 980. The first-order valence-electron chi connectivity index (χ1n) is 12.6. The summed E-state index contributed by atoms with van der Waals surface area (Å²) in [6.45, 7) is 11.5. The molecule has 0 aliphatic rings. The van der Waals surface area contributed by atoms with Gasteiger partial charge in [0.25, 0.3) is 0 Å². The molecule has 1 N–H and O–H groups in total. The molecule has 0 aliphatic carbocycles. The van der Waals surface area contributed by atoms with Gasteiger partial charge in [0, 0.05) is 11.8 Å². The monoisotopic (exact) mass is 481 g/mol. The number of allylic oxidation sites excluding steroid dienone is 1. The average Bonchev–Trinajstić information content (AvgIpc) is 2.83. The fraction of sp³-hybridized carbons (Fsp3) is 0.517. The molecule has 0 radical (unpaired) electrons. The van der Waals surface area contributed by atoms with Crippen LogP contribution in [0.15, 0.2) is 47.3 Å². The lowest BCUT2D eigenvalue weighted by Crippen LogP contribution is -2.14. The number of hydrogen-bond donors (Lipinski definition) is 1. The Labute approximate surface area is 211 Å². The molecule has 0 heterocycles. The van der Waals surface area contributed by atoms with Crippen molar-refractivity contribution in [1.82, 2.24) is 0 Å². The maximum absolute atomic E-state index is 7.84. The first-order chi connectivity index (χ1) is 16.7. The first-order valence-corrected chi connectivity index (χ1v) is 12.6. The van der Waals surface area contributed by atoms with E-state index >= 15 is 0 Å². The third-order valence-electron chi connectivity index (χ3n) is 5.99. The molecule has 2 aromatic rings. The van der Waals surface area contributed by atoms with Gasteiger partial charge in [-0.3, -0.25) is 0 Å². The van der Waals surface area contributed by atoms with Gasteiger partial charge in [0.05, 0.1) is 20.8 Å². The molecular weight excluding hydrogens is 438 g/mol. The summed E-state index contributed by atoms with van der Waals surface area (Å²) < 4.78 is 17.0. The Morgan fingerprint density at radius 3 is 2.29 bits per heavy atom. The number of ether oxygens (including phenoxy) is 3. The van der Waals surface area contributed by atoms with E-state index in [-0.39, 0.29) is 5.41 Å². The standard InChI is InChI=1S/C29H43N3O3/c1-8-9-10-11-12-13-16-35-26-19-23(18-24(20-26)29(3,4)5)17-22(2)32(31-30)27-21-25(33-6)14-15-28(27)34-7/h14-15,17-21,30H,8-13,16H2,1-7H3/b22-17+,31-30?. The molecule has 0 saturated heterocycles. The summed E-state index contributed by atoms with van der Waals surface area (Å²) in [6.07, 6.45) is 9.44. The molecular formula is C29H43N3O3. The average molecular weight is 482 g/mol. The summed E-state index contributed by atoms with van der Waals surface area (Å²) in [5.74, 6) is 2.15. The zero-order valence-electron chi connectivity index (χ0n) is 22.6. The van der Waals surface area contributed by atoms with Crippen LogP contribution in [0, 0.1) is 5.53 Å². The summed E-state index contributed by atoms with van der Waals surface area (Å²) in [7, 11) is 3.22. The quantitative estimate of drug-likeness (QED) is 0.167. The maximum atomic E-state index is 7.84. The Balaban J connectivity index is 2.29. The van der Waals surface area contributed by atoms with Crippen LogP contribution in [0.25, 0.3) is 6.08 Å². The molecule has 6 nitrogen and oxygen atoms in total. The highest BCUT2D eigenvalue weighted by Crippen LogP contribution is 2.35. The van der Waals surface area contributed by atoms with Crippen LogP contribution in [-0.2, 0) is 5.41 Å². The van der Waals surface area contributed by atoms with Gasteiger partial charge in [0.15, 0.2) is 0 Å². The summed E-state index contributed by atoms with van der Waals surface area (Å²) in [5.41, 5.74) is 11.4. The number of hydrogen-bond acceptors (Lipinski definition) is 5. The first kappa shape index (κ1) is 28.2. The zero-order chi connectivity index (χ0) is 25.8. The molecule has 2 rings (SSSR count). The largest absolute Gasteiger partial charge is 0.497 e. The molecule has 0 saturated carbocycles. The van der Waals surface area contributed by atoms with E-state index in [9.17, 15) is 0 Å². The van der Waals surface area contributed by atoms with Crippen molar-refractivity contribution in [2.24, 2.45) is 5.22 Å². The van der Waals surface area contributed by atoms with Gasteiger partial charge in [0.1, 0.15) is 22.9 Å².